The molecule has 2 atom stereocenters. The molecule has 2 nitrogen and oxygen atoms in total. The number of allylic oxidation sites excluding steroid dienone is 2. The molecule has 2 aliphatic rings. The first-order chi connectivity index (χ1) is 10.8. The Balaban J connectivity index is 2.18. The third kappa shape index (κ3) is 3.20. The van der Waals surface area contributed by atoms with Crippen LogP contribution in [-0.2, 0) is 9.84 Å². The predicted octanol–water partition coefficient (Wildman–Crippen LogP) is 5.19. The topological polar surface area (TPSA) is 34.1 Å². The van der Waals surface area contributed by atoms with Crippen LogP contribution in [0.15, 0.2) is 45.3 Å². The van der Waals surface area contributed by atoms with Crippen molar-refractivity contribution in [2.45, 2.75) is 63.1 Å². The van der Waals surface area contributed by atoms with Gasteiger partial charge in [0.1, 0.15) is 0 Å². The molecule has 0 bridgehead atoms. The van der Waals surface area contributed by atoms with Crippen molar-refractivity contribution in [3.8, 4) is 0 Å². The molecule has 0 aromatic heterocycles. The molecule has 0 saturated heterocycles. The van der Waals surface area contributed by atoms with Gasteiger partial charge in [-0.1, -0.05) is 55.9 Å². The fraction of sp³-hybridized carbons (Fsp3) is 0.579. The first kappa shape index (κ1) is 17.0. The Morgan fingerprint density at radius 3 is 2.26 bits per heavy atom. The van der Waals surface area contributed by atoms with Crippen LogP contribution in [-0.4, -0.2) is 16.5 Å². The largest absolute Gasteiger partial charge is 0.219 e. The Hall–Kier alpha value is -0.873. The molecule has 3 rings (SSSR count). The monoisotopic (exact) mass is 348 g/mol. The second-order valence-electron chi connectivity index (χ2n) is 8.10. The summed E-state index contributed by atoms with van der Waals surface area (Å²) in [5.41, 5.74) is 0. The minimum Gasteiger partial charge on any atom is -0.219 e. The molecule has 1 fully saturated rings. The van der Waals surface area contributed by atoms with Crippen LogP contribution in [0.4, 0.5) is 0 Å². The van der Waals surface area contributed by atoms with Crippen LogP contribution >= 0.6 is 0 Å². The molecule has 0 aliphatic heterocycles. The Kier molecular flexibility index (Phi) is 4.58. The highest BCUT2D eigenvalue weighted by Gasteiger charge is 2.42. The van der Waals surface area contributed by atoms with Crippen molar-refractivity contribution >= 4 is 17.9 Å². The van der Waals surface area contributed by atoms with E-state index in [1.807, 2.05) is 18.2 Å². The maximum absolute atomic E-state index is 13.5. The SMILES string of the molecule is C[Si](C)(C)C1=C(S(=O)(=O)c2ccccc2)[C@@H]2CCCC[C@H]2CC1. The molecule has 4 heteroatoms. The van der Waals surface area contributed by atoms with Gasteiger partial charge in [0.05, 0.1) is 13.0 Å². The minimum absolute atomic E-state index is 0.268. The molecule has 1 saturated carbocycles. The predicted molar refractivity (Wildman–Crippen MR) is 98.7 cm³/mol. The lowest BCUT2D eigenvalue weighted by Gasteiger charge is -2.41. The zero-order chi connectivity index (χ0) is 16.7. The molecule has 1 aromatic rings. The van der Waals surface area contributed by atoms with E-state index in [1.54, 1.807) is 12.1 Å². The molecular formula is C19H28O2SSi. The summed E-state index contributed by atoms with van der Waals surface area (Å²) < 4.78 is 26.9. The second kappa shape index (κ2) is 6.21. The maximum Gasteiger partial charge on any atom is 0.202 e. The highest BCUT2D eigenvalue weighted by Crippen LogP contribution is 2.48. The van der Waals surface area contributed by atoms with E-state index in [4.69, 9.17) is 0 Å². The highest BCUT2D eigenvalue weighted by molar-refractivity contribution is 7.95. The van der Waals surface area contributed by atoms with E-state index in [2.05, 4.69) is 19.6 Å². The van der Waals surface area contributed by atoms with Crippen molar-refractivity contribution in [2.75, 3.05) is 0 Å². The van der Waals surface area contributed by atoms with E-state index >= 15 is 0 Å². The number of benzene rings is 1. The number of hydrogen-bond acceptors (Lipinski definition) is 2. The lowest BCUT2D eigenvalue weighted by Crippen LogP contribution is -2.37. The van der Waals surface area contributed by atoms with Crippen molar-refractivity contribution in [1.29, 1.82) is 0 Å². The van der Waals surface area contributed by atoms with Gasteiger partial charge in [-0.25, -0.2) is 8.42 Å². The van der Waals surface area contributed by atoms with Gasteiger partial charge in [-0.15, -0.1) is 0 Å². The fourth-order valence-electron chi connectivity index (χ4n) is 4.41. The molecule has 1 aromatic carbocycles. The maximum atomic E-state index is 13.5. The summed E-state index contributed by atoms with van der Waals surface area (Å²) in [7, 11) is -4.99. The second-order valence-corrected chi connectivity index (χ2v) is 15.1. The number of rotatable bonds is 3. The quantitative estimate of drug-likeness (QED) is 0.704. The van der Waals surface area contributed by atoms with Gasteiger partial charge in [0.15, 0.2) is 0 Å². The van der Waals surface area contributed by atoms with E-state index in [-0.39, 0.29) is 5.92 Å². The van der Waals surface area contributed by atoms with Crippen molar-refractivity contribution < 1.29 is 8.42 Å². The summed E-state index contributed by atoms with van der Waals surface area (Å²) in [5, 5.41) is 1.31. The Bertz CT molecular complexity index is 699. The van der Waals surface area contributed by atoms with E-state index in [0.717, 1.165) is 17.7 Å². The van der Waals surface area contributed by atoms with E-state index in [0.29, 0.717) is 10.8 Å². The minimum atomic E-state index is -3.35. The van der Waals surface area contributed by atoms with Crippen LogP contribution < -0.4 is 0 Å². The van der Waals surface area contributed by atoms with Gasteiger partial charge in [-0.05, 0) is 49.7 Å². The van der Waals surface area contributed by atoms with E-state index < -0.39 is 17.9 Å². The van der Waals surface area contributed by atoms with E-state index in [9.17, 15) is 8.42 Å². The van der Waals surface area contributed by atoms with Crippen LogP contribution in [0.25, 0.3) is 0 Å². The van der Waals surface area contributed by atoms with Crippen LogP contribution in [0.5, 0.6) is 0 Å². The molecule has 0 amide bonds. The number of sulfone groups is 1. The zero-order valence-corrected chi connectivity index (χ0v) is 16.3. The van der Waals surface area contributed by atoms with Crippen LogP contribution in [0.2, 0.25) is 19.6 Å². The van der Waals surface area contributed by atoms with Gasteiger partial charge in [-0.2, -0.15) is 0 Å². The summed E-state index contributed by atoms with van der Waals surface area (Å²) in [5.74, 6) is 0.849. The van der Waals surface area contributed by atoms with E-state index in [1.165, 1.54) is 30.9 Å². The summed E-state index contributed by atoms with van der Waals surface area (Å²) in [6, 6.07) is 9.08. The summed E-state index contributed by atoms with van der Waals surface area (Å²) in [6.45, 7) is 6.89. The van der Waals surface area contributed by atoms with Crippen molar-refractivity contribution in [3.63, 3.8) is 0 Å². The molecule has 0 heterocycles. The fourth-order valence-corrected chi connectivity index (χ4v) is 9.45. The molecule has 2 aliphatic carbocycles. The smallest absolute Gasteiger partial charge is 0.202 e. The van der Waals surface area contributed by atoms with Crippen molar-refractivity contribution in [3.05, 3.63) is 40.4 Å². The zero-order valence-electron chi connectivity index (χ0n) is 14.5. The molecule has 126 valence electrons. The molecule has 23 heavy (non-hydrogen) atoms. The third-order valence-corrected chi connectivity index (χ3v) is 10.1. The summed E-state index contributed by atoms with van der Waals surface area (Å²) in [4.78, 5) is 1.32. The van der Waals surface area contributed by atoms with Crippen molar-refractivity contribution in [1.82, 2.24) is 0 Å². The number of fused-ring (bicyclic) bond motifs is 1. The van der Waals surface area contributed by atoms with Crippen LogP contribution in [0, 0.1) is 11.8 Å². The highest BCUT2D eigenvalue weighted by atomic mass is 32.2. The first-order valence-corrected chi connectivity index (χ1v) is 13.8. The average Bonchev–Trinajstić information content (AvgIpc) is 2.53. The van der Waals surface area contributed by atoms with Gasteiger partial charge >= 0.3 is 0 Å². The van der Waals surface area contributed by atoms with Gasteiger partial charge < -0.3 is 0 Å². The van der Waals surface area contributed by atoms with Gasteiger partial charge in [0, 0.05) is 4.91 Å². The normalized spacial score (nSPS) is 26.0. The summed E-state index contributed by atoms with van der Waals surface area (Å²) >= 11 is 0. The Labute approximate surface area is 141 Å². The van der Waals surface area contributed by atoms with Gasteiger partial charge in [-0.3, -0.25) is 0 Å². The molecule has 0 radical (unpaired) electrons. The Morgan fingerprint density at radius 2 is 1.61 bits per heavy atom. The number of hydrogen-bond donors (Lipinski definition) is 0. The molecule has 0 N–H and O–H groups in total. The lowest BCUT2D eigenvalue weighted by atomic mass is 9.74. The van der Waals surface area contributed by atoms with Crippen LogP contribution in [0.1, 0.15) is 38.5 Å². The molecule has 0 spiro atoms. The lowest BCUT2D eigenvalue weighted by molar-refractivity contribution is 0.251. The van der Waals surface area contributed by atoms with Crippen molar-refractivity contribution in [2.24, 2.45) is 11.8 Å². The standard InChI is InChI=1S/C19H28O2SSi/c1-23(2,3)18-14-13-15-9-7-8-12-17(15)19(18)22(20,21)16-10-5-4-6-11-16/h4-6,10-11,15,17H,7-9,12-14H2,1-3H3/t15-,17+/m0/s1. The Morgan fingerprint density at radius 1 is 0.957 bits per heavy atom. The average molecular weight is 349 g/mol. The first-order valence-electron chi connectivity index (χ1n) is 8.85. The van der Waals surface area contributed by atoms with Gasteiger partial charge in [0.2, 0.25) is 9.84 Å². The summed E-state index contributed by atoms with van der Waals surface area (Å²) in [6.07, 6.45) is 6.89. The van der Waals surface area contributed by atoms with Crippen LogP contribution in [0.3, 0.4) is 0 Å². The van der Waals surface area contributed by atoms with Gasteiger partial charge in [0.25, 0.3) is 0 Å². The third-order valence-electron chi connectivity index (χ3n) is 5.56. The molecule has 0 unspecified atom stereocenters. The molecular weight excluding hydrogens is 320 g/mol.